The third kappa shape index (κ3) is 3.86. The van der Waals surface area contributed by atoms with E-state index in [0.29, 0.717) is 13.1 Å². The Morgan fingerprint density at radius 3 is 2.88 bits per heavy atom. The highest BCUT2D eigenvalue weighted by Crippen LogP contribution is 2.12. The lowest BCUT2D eigenvalue weighted by Gasteiger charge is -2.21. The standard InChI is InChI=1S/C12H16FN3O/c1-4-16(8-9(2)3)12(17)15-11-5-6-14-7-10(11)13/h5-7H,2,4,8H2,1,3H3,(H,14,15,17). The molecule has 5 heteroatoms. The zero-order chi connectivity index (χ0) is 12.8. The molecule has 1 N–H and O–H groups in total. The number of urea groups is 1. The number of anilines is 1. The number of nitrogens with one attached hydrogen (secondary N) is 1. The highest BCUT2D eigenvalue weighted by atomic mass is 19.1. The van der Waals surface area contributed by atoms with E-state index in [0.717, 1.165) is 11.8 Å². The third-order valence-corrected chi connectivity index (χ3v) is 2.14. The number of rotatable bonds is 4. The molecule has 1 heterocycles. The van der Waals surface area contributed by atoms with Crippen molar-refractivity contribution in [3.05, 3.63) is 36.4 Å². The molecule has 0 saturated heterocycles. The van der Waals surface area contributed by atoms with Crippen LogP contribution in [0.4, 0.5) is 14.9 Å². The van der Waals surface area contributed by atoms with Gasteiger partial charge in [-0.3, -0.25) is 4.98 Å². The Balaban J connectivity index is 2.71. The van der Waals surface area contributed by atoms with E-state index in [1.165, 1.54) is 12.3 Å². The molecule has 0 aliphatic heterocycles. The van der Waals surface area contributed by atoms with Gasteiger partial charge in [-0.1, -0.05) is 12.2 Å². The lowest BCUT2D eigenvalue weighted by atomic mass is 10.3. The topological polar surface area (TPSA) is 45.2 Å². The number of carbonyl (C=O) groups is 1. The van der Waals surface area contributed by atoms with E-state index < -0.39 is 5.82 Å². The number of carbonyl (C=O) groups excluding carboxylic acids is 1. The molecule has 0 aliphatic carbocycles. The maximum Gasteiger partial charge on any atom is 0.322 e. The van der Waals surface area contributed by atoms with Crippen molar-refractivity contribution in [3.63, 3.8) is 0 Å². The minimum absolute atomic E-state index is 0.130. The van der Waals surface area contributed by atoms with E-state index in [1.807, 2.05) is 13.8 Å². The fourth-order valence-electron chi connectivity index (χ4n) is 1.32. The van der Waals surface area contributed by atoms with Gasteiger partial charge in [-0.05, 0) is 19.9 Å². The van der Waals surface area contributed by atoms with Crippen molar-refractivity contribution in [1.82, 2.24) is 9.88 Å². The molecule has 0 bridgehead atoms. The number of hydrogen-bond acceptors (Lipinski definition) is 2. The van der Waals surface area contributed by atoms with E-state index in [1.54, 1.807) is 4.90 Å². The van der Waals surface area contributed by atoms with Crippen molar-refractivity contribution in [2.75, 3.05) is 18.4 Å². The summed E-state index contributed by atoms with van der Waals surface area (Å²) in [6.45, 7) is 8.42. The predicted molar refractivity (Wildman–Crippen MR) is 65.3 cm³/mol. The van der Waals surface area contributed by atoms with E-state index >= 15 is 0 Å². The third-order valence-electron chi connectivity index (χ3n) is 2.14. The molecule has 1 aromatic heterocycles. The quantitative estimate of drug-likeness (QED) is 0.818. The summed E-state index contributed by atoms with van der Waals surface area (Å²) in [5, 5.41) is 2.50. The lowest BCUT2D eigenvalue weighted by molar-refractivity contribution is 0.218. The molecule has 0 saturated carbocycles. The molecule has 92 valence electrons. The van der Waals surface area contributed by atoms with Crippen LogP contribution in [0.2, 0.25) is 0 Å². The van der Waals surface area contributed by atoms with Crippen LogP contribution in [0.3, 0.4) is 0 Å². The molecule has 2 amide bonds. The number of amides is 2. The summed E-state index contributed by atoms with van der Waals surface area (Å²) < 4.78 is 13.3. The maximum absolute atomic E-state index is 13.3. The van der Waals surface area contributed by atoms with Crippen LogP contribution < -0.4 is 5.32 Å². The second-order valence-corrected chi connectivity index (χ2v) is 3.76. The first-order chi connectivity index (χ1) is 8.04. The summed E-state index contributed by atoms with van der Waals surface area (Å²) in [6.07, 6.45) is 2.48. The zero-order valence-electron chi connectivity index (χ0n) is 10.0. The van der Waals surface area contributed by atoms with E-state index in [2.05, 4.69) is 16.9 Å². The van der Waals surface area contributed by atoms with Gasteiger partial charge >= 0.3 is 6.03 Å². The monoisotopic (exact) mass is 237 g/mol. The number of nitrogens with zero attached hydrogens (tertiary/aromatic N) is 2. The van der Waals surface area contributed by atoms with Gasteiger partial charge in [0.1, 0.15) is 0 Å². The maximum atomic E-state index is 13.3. The van der Waals surface area contributed by atoms with Crippen LogP contribution in [-0.2, 0) is 0 Å². The van der Waals surface area contributed by atoms with Gasteiger partial charge in [0.25, 0.3) is 0 Å². The van der Waals surface area contributed by atoms with Crippen molar-refractivity contribution in [1.29, 1.82) is 0 Å². The number of pyridine rings is 1. The van der Waals surface area contributed by atoms with Gasteiger partial charge in [-0.2, -0.15) is 0 Å². The molecule has 4 nitrogen and oxygen atoms in total. The lowest BCUT2D eigenvalue weighted by Crippen LogP contribution is -2.36. The molecular weight excluding hydrogens is 221 g/mol. The number of aromatic nitrogens is 1. The SMILES string of the molecule is C=C(C)CN(CC)C(=O)Nc1ccncc1F. The molecule has 1 aromatic rings. The van der Waals surface area contributed by atoms with Crippen molar-refractivity contribution in [2.24, 2.45) is 0 Å². The second kappa shape index (κ2) is 5.98. The molecule has 0 radical (unpaired) electrons. The minimum Gasteiger partial charge on any atom is -0.321 e. The first-order valence-electron chi connectivity index (χ1n) is 5.34. The number of hydrogen-bond donors (Lipinski definition) is 1. The van der Waals surface area contributed by atoms with Crippen LogP contribution in [0, 0.1) is 5.82 Å². The summed E-state index contributed by atoms with van der Waals surface area (Å²) in [4.78, 5) is 17.0. The fraction of sp³-hybridized carbons (Fsp3) is 0.333. The number of likely N-dealkylation sites (N-methyl/N-ethyl adjacent to an activating group) is 1. The normalized spacial score (nSPS) is 9.82. The van der Waals surface area contributed by atoms with E-state index in [-0.39, 0.29) is 11.7 Å². The fourth-order valence-corrected chi connectivity index (χ4v) is 1.32. The molecule has 0 aliphatic rings. The Bertz CT molecular complexity index is 420. The molecule has 0 fully saturated rings. The molecule has 0 spiro atoms. The van der Waals surface area contributed by atoms with Crippen LogP contribution >= 0.6 is 0 Å². The largest absolute Gasteiger partial charge is 0.322 e. The Kier molecular flexibility index (Phi) is 4.63. The Labute approximate surface area is 100 Å². The molecule has 0 unspecified atom stereocenters. The molecule has 1 rings (SSSR count). The molecule has 17 heavy (non-hydrogen) atoms. The highest BCUT2D eigenvalue weighted by molar-refractivity contribution is 5.89. The highest BCUT2D eigenvalue weighted by Gasteiger charge is 2.13. The molecule has 0 atom stereocenters. The number of halogens is 1. The predicted octanol–water partition coefficient (Wildman–Crippen LogP) is 2.65. The smallest absolute Gasteiger partial charge is 0.321 e. The Morgan fingerprint density at radius 1 is 1.65 bits per heavy atom. The summed E-state index contributed by atoms with van der Waals surface area (Å²) >= 11 is 0. The van der Waals surface area contributed by atoms with Gasteiger partial charge < -0.3 is 10.2 Å². The Morgan fingerprint density at radius 2 is 2.35 bits per heavy atom. The van der Waals surface area contributed by atoms with Crippen molar-refractivity contribution >= 4 is 11.7 Å². The van der Waals surface area contributed by atoms with Gasteiger partial charge in [0.05, 0.1) is 11.9 Å². The van der Waals surface area contributed by atoms with Crippen LogP contribution in [-0.4, -0.2) is 29.0 Å². The first-order valence-corrected chi connectivity index (χ1v) is 5.34. The first kappa shape index (κ1) is 13.2. The summed E-state index contributed by atoms with van der Waals surface area (Å²) in [6, 6.07) is 1.07. The van der Waals surface area contributed by atoms with Gasteiger partial charge in [0.15, 0.2) is 5.82 Å². The summed E-state index contributed by atoms with van der Waals surface area (Å²) in [5.41, 5.74) is 1.00. The summed E-state index contributed by atoms with van der Waals surface area (Å²) in [7, 11) is 0. The van der Waals surface area contributed by atoms with E-state index in [4.69, 9.17) is 0 Å². The average Bonchev–Trinajstić information content (AvgIpc) is 2.28. The van der Waals surface area contributed by atoms with E-state index in [9.17, 15) is 9.18 Å². The van der Waals surface area contributed by atoms with Crippen molar-refractivity contribution < 1.29 is 9.18 Å². The molecular formula is C12H16FN3O. The van der Waals surface area contributed by atoms with Gasteiger partial charge in [-0.25, -0.2) is 9.18 Å². The van der Waals surface area contributed by atoms with Gasteiger partial charge in [0, 0.05) is 19.3 Å². The van der Waals surface area contributed by atoms with Crippen LogP contribution in [0.15, 0.2) is 30.6 Å². The molecule has 0 aromatic carbocycles. The minimum atomic E-state index is -0.549. The van der Waals surface area contributed by atoms with Crippen LogP contribution in [0.25, 0.3) is 0 Å². The van der Waals surface area contributed by atoms with Crippen LogP contribution in [0.5, 0.6) is 0 Å². The van der Waals surface area contributed by atoms with Crippen molar-refractivity contribution in [3.8, 4) is 0 Å². The van der Waals surface area contributed by atoms with Gasteiger partial charge in [-0.15, -0.1) is 0 Å². The Hall–Kier alpha value is -1.91. The second-order valence-electron chi connectivity index (χ2n) is 3.76. The average molecular weight is 237 g/mol. The van der Waals surface area contributed by atoms with Gasteiger partial charge in [0.2, 0.25) is 0 Å². The van der Waals surface area contributed by atoms with Crippen molar-refractivity contribution in [2.45, 2.75) is 13.8 Å². The van der Waals surface area contributed by atoms with Crippen LogP contribution in [0.1, 0.15) is 13.8 Å². The zero-order valence-corrected chi connectivity index (χ0v) is 10.0. The summed E-state index contributed by atoms with van der Waals surface area (Å²) in [5.74, 6) is -0.549.